The molecule has 0 spiro atoms. The van der Waals surface area contributed by atoms with E-state index in [0.29, 0.717) is 32.8 Å². The number of aromatic hydroxyl groups is 1. The third-order valence-corrected chi connectivity index (χ3v) is 6.64. The van der Waals surface area contributed by atoms with Crippen LogP contribution in [-0.2, 0) is 16.0 Å². The zero-order chi connectivity index (χ0) is 24.2. The summed E-state index contributed by atoms with van der Waals surface area (Å²) in [6.07, 6.45) is 1.90. The van der Waals surface area contributed by atoms with Gasteiger partial charge in [-0.3, -0.25) is 14.2 Å². The van der Waals surface area contributed by atoms with Crippen LogP contribution >= 0.6 is 11.3 Å². The summed E-state index contributed by atoms with van der Waals surface area (Å²) >= 11 is 1.10. The number of aryl methyl sites for hydroxylation is 1. The van der Waals surface area contributed by atoms with Crippen molar-refractivity contribution in [1.82, 2.24) is 9.55 Å². The van der Waals surface area contributed by atoms with Gasteiger partial charge in [0.05, 0.1) is 18.3 Å². The van der Waals surface area contributed by atoms with Gasteiger partial charge < -0.3 is 15.2 Å². The Hall–Kier alpha value is -3.98. The maximum absolute atomic E-state index is 13.2. The number of ether oxygens (including phenoxy) is 1. The molecule has 2 aromatic heterocycles. The number of carbonyl (C=O) groups excluding carboxylic acids is 2. The highest BCUT2D eigenvalue weighted by atomic mass is 32.1. The Bertz CT molecular complexity index is 1390. The average Bonchev–Trinajstić information content (AvgIpc) is 3.18. The molecule has 0 saturated carbocycles. The zero-order valence-electron chi connectivity index (χ0n) is 18.6. The molecule has 4 aromatic rings. The fourth-order valence-electron chi connectivity index (χ4n) is 3.50. The smallest absolute Gasteiger partial charge is 0.348 e. The number of thiophene rings is 1. The average molecular weight is 478 g/mol. The van der Waals surface area contributed by atoms with Gasteiger partial charge >= 0.3 is 5.97 Å². The molecule has 0 bridgehead atoms. The molecule has 34 heavy (non-hydrogen) atoms. The summed E-state index contributed by atoms with van der Waals surface area (Å²) in [6.45, 7) is 3.50. The third-order valence-electron chi connectivity index (χ3n) is 5.46. The van der Waals surface area contributed by atoms with Crippen molar-refractivity contribution < 1.29 is 19.4 Å². The van der Waals surface area contributed by atoms with Crippen LogP contribution in [0, 0.1) is 6.92 Å². The van der Waals surface area contributed by atoms with Crippen LogP contribution in [0.2, 0.25) is 0 Å². The summed E-state index contributed by atoms with van der Waals surface area (Å²) < 4.78 is 6.66. The van der Waals surface area contributed by atoms with Gasteiger partial charge in [-0.05, 0) is 49.2 Å². The Morgan fingerprint density at radius 3 is 2.56 bits per heavy atom. The van der Waals surface area contributed by atoms with Crippen LogP contribution in [-0.4, -0.2) is 33.1 Å². The first kappa shape index (κ1) is 23.2. The van der Waals surface area contributed by atoms with Crippen LogP contribution in [0.15, 0.2) is 65.7 Å². The summed E-state index contributed by atoms with van der Waals surface area (Å²) in [5, 5.41) is 12.4. The highest BCUT2D eigenvalue weighted by Gasteiger charge is 2.23. The summed E-state index contributed by atoms with van der Waals surface area (Å²) in [5.41, 5.74) is 1.63. The maximum atomic E-state index is 13.2. The topological polar surface area (TPSA) is 111 Å². The van der Waals surface area contributed by atoms with Gasteiger partial charge in [-0.1, -0.05) is 30.3 Å². The fourth-order valence-corrected chi connectivity index (χ4v) is 4.53. The number of anilines is 1. The quantitative estimate of drug-likeness (QED) is 0.307. The van der Waals surface area contributed by atoms with Crippen molar-refractivity contribution in [1.29, 1.82) is 0 Å². The van der Waals surface area contributed by atoms with Gasteiger partial charge in [0.25, 0.3) is 5.56 Å². The number of nitrogens with one attached hydrogen (secondary N) is 1. The first-order chi connectivity index (χ1) is 16.3. The summed E-state index contributed by atoms with van der Waals surface area (Å²) in [4.78, 5) is 43.6. The van der Waals surface area contributed by atoms with Crippen LogP contribution in [0.1, 0.15) is 33.8 Å². The number of benzene rings is 2. The number of rotatable bonds is 7. The number of hydrogen-bond acceptors (Lipinski definition) is 7. The van der Waals surface area contributed by atoms with Crippen molar-refractivity contribution >= 4 is 39.1 Å². The van der Waals surface area contributed by atoms with Gasteiger partial charge in [-0.2, -0.15) is 0 Å². The number of nitrogens with zero attached hydrogens (tertiary/aromatic N) is 2. The summed E-state index contributed by atoms with van der Waals surface area (Å²) in [7, 11) is 0. The SMILES string of the molecule is Cc1c(C(=O)OCCc2ccccc2)sc2ncn(C(C)C(=O)Nc3ccc(O)cc3)c(=O)c12. The number of carbonyl (C=O) groups is 2. The van der Waals surface area contributed by atoms with Crippen LogP contribution in [0.5, 0.6) is 5.75 Å². The molecular weight excluding hydrogens is 454 g/mol. The molecule has 9 heteroatoms. The van der Waals surface area contributed by atoms with Crippen molar-refractivity contribution in [3.05, 3.63) is 87.3 Å². The van der Waals surface area contributed by atoms with Crippen molar-refractivity contribution in [2.75, 3.05) is 11.9 Å². The van der Waals surface area contributed by atoms with Gasteiger partial charge in [0.2, 0.25) is 5.91 Å². The van der Waals surface area contributed by atoms with E-state index in [9.17, 15) is 19.5 Å². The Balaban J connectivity index is 1.52. The molecule has 174 valence electrons. The van der Waals surface area contributed by atoms with E-state index in [0.717, 1.165) is 16.9 Å². The monoisotopic (exact) mass is 477 g/mol. The van der Waals surface area contributed by atoms with Crippen LogP contribution < -0.4 is 10.9 Å². The summed E-state index contributed by atoms with van der Waals surface area (Å²) in [5.74, 6) is -0.831. The lowest BCUT2D eigenvalue weighted by Gasteiger charge is -2.15. The molecule has 1 unspecified atom stereocenters. The molecule has 0 aliphatic carbocycles. The molecule has 8 nitrogen and oxygen atoms in total. The molecular formula is C25H23N3O5S. The number of amides is 1. The largest absolute Gasteiger partial charge is 0.508 e. The van der Waals surface area contributed by atoms with Crippen LogP contribution in [0.25, 0.3) is 10.2 Å². The second-order valence-corrected chi connectivity index (χ2v) is 8.78. The lowest BCUT2D eigenvalue weighted by Crippen LogP contribution is -2.31. The summed E-state index contributed by atoms with van der Waals surface area (Å²) in [6, 6.07) is 14.9. The normalized spacial score (nSPS) is 11.8. The van der Waals surface area contributed by atoms with Gasteiger partial charge in [0.1, 0.15) is 21.5 Å². The van der Waals surface area contributed by atoms with Crippen LogP contribution in [0.3, 0.4) is 0 Å². The molecule has 1 atom stereocenters. The molecule has 0 radical (unpaired) electrons. The molecule has 0 fully saturated rings. The van der Waals surface area contributed by atoms with E-state index < -0.39 is 23.5 Å². The number of esters is 1. The van der Waals surface area contributed by atoms with E-state index in [2.05, 4.69) is 10.3 Å². The Kier molecular flexibility index (Phi) is 6.74. The number of phenols is 1. The van der Waals surface area contributed by atoms with E-state index in [1.54, 1.807) is 26.0 Å². The minimum absolute atomic E-state index is 0.0826. The maximum Gasteiger partial charge on any atom is 0.348 e. The molecule has 2 heterocycles. The van der Waals surface area contributed by atoms with E-state index in [-0.39, 0.29) is 12.4 Å². The Morgan fingerprint density at radius 1 is 1.15 bits per heavy atom. The van der Waals surface area contributed by atoms with Crippen molar-refractivity contribution in [2.24, 2.45) is 0 Å². The second kappa shape index (κ2) is 9.88. The molecule has 4 rings (SSSR count). The Morgan fingerprint density at radius 2 is 1.85 bits per heavy atom. The minimum atomic E-state index is -0.848. The van der Waals surface area contributed by atoms with Gasteiger partial charge in [-0.15, -0.1) is 11.3 Å². The molecule has 0 aliphatic rings. The minimum Gasteiger partial charge on any atom is -0.508 e. The van der Waals surface area contributed by atoms with E-state index in [4.69, 9.17) is 4.74 Å². The molecule has 2 N–H and O–H groups in total. The Labute approximate surface area is 199 Å². The highest BCUT2D eigenvalue weighted by molar-refractivity contribution is 7.20. The van der Waals surface area contributed by atoms with Crippen molar-refractivity contribution in [3.8, 4) is 5.75 Å². The van der Waals surface area contributed by atoms with E-state index in [1.807, 2.05) is 30.3 Å². The first-order valence-electron chi connectivity index (χ1n) is 10.7. The third kappa shape index (κ3) is 4.84. The van der Waals surface area contributed by atoms with Gasteiger partial charge in [-0.25, -0.2) is 9.78 Å². The molecule has 0 saturated heterocycles. The lowest BCUT2D eigenvalue weighted by atomic mass is 10.2. The highest BCUT2D eigenvalue weighted by Crippen LogP contribution is 2.28. The number of phenolic OH excluding ortho intramolecular Hbond substituents is 1. The lowest BCUT2D eigenvalue weighted by molar-refractivity contribution is -0.118. The fraction of sp³-hybridized carbons (Fsp3) is 0.200. The van der Waals surface area contributed by atoms with Gasteiger partial charge in [0.15, 0.2) is 0 Å². The first-order valence-corrected chi connectivity index (χ1v) is 11.5. The molecule has 0 aliphatic heterocycles. The van der Waals surface area contributed by atoms with E-state index in [1.165, 1.54) is 23.0 Å². The van der Waals surface area contributed by atoms with Crippen molar-refractivity contribution in [3.63, 3.8) is 0 Å². The number of aromatic nitrogens is 2. The number of hydrogen-bond donors (Lipinski definition) is 2. The number of fused-ring (bicyclic) bond motifs is 1. The predicted molar refractivity (Wildman–Crippen MR) is 130 cm³/mol. The van der Waals surface area contributed by atoms with Crippen LogP contribution in [0.4, 0.5) is 5.69 Å². The second-order valence-electron chi connectivity index (χ2n) is 7.78. The predicted octanol–water partition coefficient (Wildman–Crippen LogP) is 4.07. The zero-order valence-corrected chi connectivity index (χ0v) is 19.5. The van der Waals surface area contributed by atoms with E-state index >= 15 is 0 Å². The van der Waals surface area contributed by atoms with Gasteiger partial charge in [0, 0.05) is 12.1 Å². The van der Waals surface area contributed by atoms with Crippen molar-refractivity contribution in [2.45, 2.75) is 26.3 Å². The molecule has 1 amide bonds. The molecule has 2 aromatic carbocycles. The standard InChI is InChI=1S/C25H23N3O5S/c1-15-20-23(34-21(15)25(32)33-13-12-17-6-4-3-5-7-17)26-14-28(24(20)31)16(2)22(30)27-18-8-10-19(29)11-9-18/h3-11,14,16,29H,12-13H2,1-2H3,(H,27,30).